The van der Waals surface area contributed by atoms with Crippen LogP contribution >= 0.6 is 23.2 Å². The molecule has 2 amide bonds. The second-order valence-corrected chi connectivity index (χ2v) is 12.1. The molecule has 0 aliphatic heterocycles. The Labute approximate surface area is 240 Å². The summed E-state index contributed by atoms with van der Waals surface area (Å²) in [6.07, 6.45) is 1.31. The zero-order chi connectivity index (χ0) is 28.7. The highest BCUT2D eigenvalue weighted by Crippen LogP contribution is 2.28. The summed E-state index contributed by atoms with van der Waals surface area (Å²) in [5.41, 5.74) is 3.39. The molecule has 0 spiro atoms. The topological polar surface area (TPSA) is 86.8 Å². The van der Waals surface area contributed by atoms with E-state index in [-0.39, 0.29) is 18.9 Å². The van der Waals surface area contributed by atoms with Crippen molar-refractivity contribution in [1.82, 2.24) is 10.2 Å². The van der Waals surface area contributed by atoms with Gasteiger partial charge in [0, 0.05) is 19.5 Å². The van der Waals surface area contributed by atoms with Gasteiger partial charge in [0.1, 0.15) is 12.6 Å². The quantitative estimate of drug-likeness (QED) is 0.335. The summed E-state index contributed by atoms with van der Waals surface area (Å²) in [6.45, 7) is 5.31. The van der Waals surface area contributed by atoms with Gasteiger partial charge in [0.15, 0.2) is 0 Å². The lowest BCUT2D eigenvalue weighted by molar-refractivity contribution is -0.140. The van der Waals surface area contributed by atoms with E-state index in [1.54, 1.807) is 51.1 Å². The molecule has 0 saturated heterocycles. The fourth-order valence-electron chi connectivity index (χ4n) is 4.46. The molecule has 0 heterocycles. The molecule has 7 nitrogen and oxygen atoms in total. The van der Waals surface area contributed by atoms with Crippen LogP contribution in [0.4, 0.5) is 5.69 Å². The first-order valence-electron chi connectivity index (χ1n) is 12.5. The van der Waals surface area contributed by atoms with Crippen LogP contribution in [0.5, 0.6) is 0 Å². The molecule has 1 atom stereocenters. The maximum atomic E-state index is 14.1. The monoisotopic (exact) mass is 589 g/mol. The first-order valence-corrected chi connectivity index (χ1v) is 15.1. The van der Waals surface area contributed by atoms with Crippen molar-refractivity contribution in [3.05, 3.63) is 99.0 Å². The lowest BCUT2D eigenvalue weighted by Gasteiger charge is -2.34. The Hall–Kier alpha value is -3.07. The van der Waals surface area contributed by atoms with E-state index in [1.807, 2.05) is 36.4 Å². The van der Waals surface area contributed by atoms with Gasteiger partial charge in [0.05, 0.1) is 22.0 Å². The van der Waals surface area contributed by atoms with E-state index in [9.17, 15) is 18.0 Å². The number of para-hydroxylation sites is 1. The van der Waals surface area contributed by atoms with Crippen molar-refractivity contribution in [2.24, 2.45) is 0 Å². The van der Waals surface area contributed by atoms with Crippen molar-refractivity contribution < 1.29 is 18.0 Å². The van der Waals surface area contributed by atoms with Crippen molar-refractivity contribution in [2.45, 2.75) is 39.8 Å². The maximum Gasteiger partial charge on any atom is 0.244 e. The molecular weight excluding hydrogens is 557 g/mol. The molecule has 1 N–H and O–H groups in total. The Morgan fingerprint density at radius 3 is 2.10 bits per heavy atom. The predicted octanol–water partition coefficient (Wildman–Crippen LogP) is 5.15. The third-order valence-corrected chi connectivity index (χ3v) is 8.18. The Morgan fingerprint density at radius 1 is 0.897 bits per heavy atom. The lowest BCUT2D eigenvalue weighted by Crippen LogP contribution is -2.53. The molecule has 0 radical (unpaired) electrons. The highest BCUT2D eigenvalue weighted by Gasteiger charge is 2.33. The molecule has 0 bridgehead atoms. The van der Waals surface area contributed by atoms with Crippen LogP contribution in [0.25, 0.3) is 0 Å². The number of carbonyl (C=O) groups is 2. The molecule has 39 heavy (non-hydrogen) atoms. The van der Waals surface area contributed by atoms with E-state index in [0.717, 1.165) is 16.1 Å². The first-order chi connectivity index (χ1) is 18.4. The van der Waals surface area contributed by atoms with Crippen LogP contribution < -0.4 is 9.62 Å². The van der Waals surface area contributed by atoms with Gasteiger partial charge < -0.3 is 10.2 Å². The van der Waals surface area contributed by atoms with Crippen molar-refractivity contribution in [3.8, 4) is 0 Å². The molecule has 10 heteroatoms. The zero-order valence-corrected chi connectivity index (χ0v) is 24.8. The van der Waals surface area contributed by atoms with E-state index >= 15 is 0 Å². The van der Waals surface area contributed by atoms with Crippen LogP contribution in [0, 0.1) is 13.8 Å². The van der Waals surface area contributed by atoms with Gasteiger partial charge in [-0.15, -0.1) is 0 Å². The van der Waals surface area contributed by atoms with Gasteiger partial charge in [-0.3, -0.25) is 13.9 Å². The molecule has 3 rings (SSSR count). The van der Waals surface area contributed by atoms with Gasteiger partial charge in [0.2, 0.25) is 21.8 Å². The standard InChI is InChI=1S/C29H33Cl2N3O4S/c1-5-32-29(36)26(17-22-12-7-6-8-13-22)33(18-23-14-15-24(30)25(31)16-23)27(35)19-34(39(4,37)38)28-20(2)10-9-11-21(28)3/h6-16,26H,5,17-19H2,1-4H3,(H,32,36)/t26-/m1/s1. The number of aryl methyl sites for hydroxylation is 2. The smallest absolute Gasteiger partial charge is 0.244 e. The van der Waals surface area contributed by atoms with Crippen molar-refractivity contribution in [2.75, 3.05) is 23.7 Å². The molecule has 0 fully saturated rings. The van der Waals surface area contributed by atoms with Gasteiger partial charge in [0.25, 0.3) is 0 Å². The van der Waals surface area contributed by atoms with E-state index in [4.69, 9.17) is 23.2 Å². The Morgan fingerprint density at radius 2 is 1.54 bits per heavy atom. The van der Waals surface area contributed by atoms with Crippen LogP contribution in [0.15, 0.2) is 66.7 Å². The second-order valence-electron chi connectivity index (χ2n) is 9.38. The van der Waals surface area contributed by atoms with E-state index in [1.165, 1.54) is 4.90 Å². The number of nitrogens with one attached hydrogen (secondary N) is 1. The van der Waals surface area contributed by atoms with Crippen LogP contribution in [0.1, 0.15) is 29.2 Å². The average Bonchev–Trinajstić information content (AvgIpc) is 2.87. The third-order valence-electron chi connectivity index (χ3n) is 6.33. The number of rotatable bonds is 11. The van der Waals surface area contributed by atoms with Crippen molar-refractivity contribution in [1.29, 1.82) is 0 Å². The number of benzene rings is 3. The lowest BCUT2D eigenvalue weighted by atomic mass is 10.0. The number of anilines is 1. The van der Waals surface area contributed by atoms with Crippen LogP contribution in [0.2, 0.25) is 10.0 Å². The summed E-state index contributed by atoms with van der Waals surface area (Å²) < 4.78 is 27.1. The summed E-state index contributed by atoms with van der Waals surface area (Å²) in [6, 6.07) is 18.9. The van der Waals surface area contributed by atoms with Gasteiger partial charge in [-0.25, -0.2) is 8.42 Å². The van der Waals surface area contributed by atoms with Crippen LogP contribution in [0.3, 0.4) is 0 Å². The molecule has 0 aromatic heterocycles. The normalized spacial score (nSPS) is 12.1. The minimum atomic E-state index is -3.85. The molecule has 0 unspecified atom stereocenters. The summed E-state index contributed by atoms with van der Waals surface area (Å²) in [7, 11) is -3.85. The van der Waals surface area contributed by atoms with Crippen LogP contribution in [-0.2, 0) is 32.6 Å². The van der Waals surface area contributed by atoms with E-state index in [0.29, 0.717) is 39.0 Å². The highest BCUT2D eigenvalue weighted by molar-refractivity contribution is 7.92. The third kappa shape index (κ3) is 7.97. The molecule has 208 valence electrons. The summed E-state index contributed by atoms with van der Waals surface area (Å²) in [4.78, 5) is 28.9. The maximum absolute atomic E-state index is 14.1. The molecule has 3 aromatic carbocycles. The zero-order valence-electron chi connectivity index (χ0n) is 22.4. The molecule has 3 aromatic rings. The number of halogens is 2. The van der Waals surface area contributed by atoms with Gasteiger partial charge in [-0.05, 0) is 55.2 Å². The van der Waals surface area contributed by atoms with Crippen molar-refractivity contribution >= 4 is 50.7 Å². The van der Waals surface area contributed by atoms with Crippen LogP contribution in [-0.4, -0.2) is 50.5 Å². The minimum Gasteiger partial charge on any atom is -0.355 e. The number of likely N-dealkylation sites (N-methyl/N-ethyl adjacent to an activating group) is 1. The van der Waals surface area contributed by atoms with Gasteiger partial charge in [-0.1, -0.05) is 77.8 Å². The van der Waals surface area contributed by atoms with E-state index < -0.39 is 28.5 Å². The predicted molar refractivity (Wildman–Crippen MR) is 158 cm³/mol. The molecule has 0 aliphatic carbocycles. The second kappa shape index (κ2) is 13.3. The number of nitrogens with zero attached hydrogens (tertiary/aromatic N) is 2. The Balaban J connectivity index is 2.09. The van der Waals surface area contributed by atoms with Crippen molar-refractivity contribution in [3.63, 3.8) is 0 Å². The molecule has 0 aliphatic rings. The number of carbonyl (C=O) groups excluding carboxylic acids is 2. The molecular formula is C29H33Cl2N3O4S. The average molecular weight is 591 g/mol. The SMILES string of the molecule is CCNC(=O)[C@@H](Cc1ccccc1)N(Cc1ccc(Cl)c(Cl)c1)C(=O)CN(c1c(C)cccc1C)S(C)(=O)=O. The fourth-order valence-corrected chi connectivity index (χ4v) is 5.74. The van der Waals surface area contributed by atoms with Gasteiger partial charge in [-0.2, -0.15) is 0 Å². The minimum absolute atomic E-state index is 0.0225. The number of hydrogen-bond donors (Lipinski definition) is 1. The summed E-state index contributed by atoms with van der Waals surface area (Å²) in [5, 5.41) is 3.50. The number of amides is 2. The summed E-state index contributed by atoms with van der Waals surface area (Å²) >= 11 is 12.4. The van der Waals surface area contributed by atoms with E-state index in [2.05, 4.69) is 5.32 Å². The number of sulfonamides is 1. The fraction of sp³-hybridized carbons (Fsp3) is 0.310. The Bertz CT molecular complexity index is 1410. The Kier molecular flexibility index (Phi) is 10.4. The summed E-state index contributed by atoms with van der Waals surface area (Å²) in [5.74, 6) is -0.867. The van der Waals surface area contributed by atoms with Gasteiger partial charge >= 0.3 is 0 Å². The highest BCUT2D eigenvalue weighted by atomic mass is 35.5. The molecule has 0 saturated carbocycles. The largest absolute Gasteiger partial charge is 0.355 e. The number of hydrogen-bond acceptors (Lipinski definition) is 4. The first kappa shape index (κ1) is 30.5.